The first kappa shape index (κ1) is 62.4. The Kier molecular flexibility index (Phi) is 44.7. The highest BCUT2D eigenvalue weighted by atomic mass is 31.2. The molecule has 0 spiro atoms. The molecule has 0 aromatic rings. The standard InChI is InChI=1S/C56H99N2O6P/c1-6-8-10-12-13-14-15-16-17-18-19-20-21-22-23-24-25-26-27-28-29-30-31-32-33-34-35-36-37-38-39-40-41-42-43-44-45-46-48-50-56(60)57-54(55(59)49-47-11-9-7-2)53-64-65(61,62)63-52-51-58(3,4)5/h8,10,13-14,16-17,19-20,22-23,25-26,28-29,47,49,54-55,59H,6-7,9,11-12,15,18,21,24,27,30-46,48,50-53H2,1-5H3,(H-,57,60,61,62)/p+1/b10-8-,14-13-,17-16-,20-19-,23-22-,26-25-,29-28-,49-47+. The molecule has 374 valence electrons. The Hall–Kier alpha value is -2.58. The van der Waals surface area contributed by atoms with Crippen LogP contribution in [0.15, 0.2) is 97.2 Å². The van der Waals surface area contributed by atoms with Gasteiger partial charge in [-0.25, -0.2) is 4.57 Å². The maximum absolute atomic E-state index is 12.8. The number of unbranched alkanes of at least 4 members (excludes halogenated alkanes) is 19. The first-order valence-electron chi connectivity index (χ1n) is 26.1. The highest BCUT2D eigenvalue weighted by Gasteiger charge is 2.27. The van der Waals surface area contributed by atoms with Gasteiger partial charge in [-0.2, -0.15) is 0 Å². The van der Waals surface area contributed by atoms with Crippen LogP contribution in [0.1, 0.15) is 200 Å². The van der Waals surface area contributed by atoms with E-state index in [1.54, 1.807) is 6.08 Å². The summed E-state index contributed by atoms with van der Waals surface area (Å²) in [5, 5.41) is 13.6. The van der Waals surface area contributed by atoms with Crippen molar-refractivity contribution < 1.29 is 32.9 Å². The van der Waals surface area contributed by atoms with Crippen molar-refractivity contribution in [1.82, 2.24) is 5.32 Å². The van der Waals surface area contributed by atoms with Crippen LogP contribution in [0.5, 0.6) is 0 Å². The smallest absolute Gasteiger partial charge is 0.387 e. The second kappa shape index (κ2) is 46.5. The van der Waals surface area contributed by atoms with Gasteiger partial charge >= 0.3 is 7.82 Å². The third kappa shape index (κ3) is 49.2. The van der Waals surface area contributed by atoms with Gasteiger partial charge in [0, 0.05) is 6.42 Å². The Morgan fingerprint density at radius 3 is 1.34 bits per heavy atom. The van der Waals surface area contributed by atoms with Crippen LogP contribution in [0.25, 0.3) is 0 Å². The van der Waals surface area contributed by atoms with Crippen LogP contribution in [-0.4, -0.2) is 73.4 Å². The van der Waals surface area contributed by atoms with Crippen molar-refractivity contribution in [3.05, 3.63) is 97.2 Å². The lowest BCUT2D eigenvalue weighted by Crippen LogP contribution is -2.45. The van der Waals surface area contributed by atoms with Gasteiger partial charge in [0.2, 0.25) is 5.91 Å². The maximum Gasteiger partial charge on any atom is 0.472 e. The predicted molar refractivity (Wildman–Crippen MR) is 281 cm³/mol. The molecule has 8 nitrogen and oxygen atoms in total. The summed E-state index contributed by atoms with van der Waals surface area (Å²) in [4.78, 5) is 22.9. The Morgan fingerprint density at radius 1 is 0.538 bits per heavy atom. The number of nitrogens with zero attached hydrogens (tertiary/aromatic N) is 1. The minimum absolute atomic E-state index is 0.0577. The predicted octanol–water partition coefficient (Wildman–Crippen LogP) is 15.5. The minimum atomic E-state index is -4.32. The van der Waals surface area contributed by atoms with Crippen molar-refractivity contribution in [2.45, 2.75) is 212 Å². The number of quaternary nitrogens is 1. The molecule has 0 aromatic carbocycles. The Morgan fingerprint density at radius 2 is 0.923 bits per heavy atom. The second-order valence-corrected chi connectivity index (χ2v) is 20.0. The normalized spacial score (nSPS) is 14.9. The molecule has 0 aliphatic heterocycles. The van der Waals surface area contributed by atoms with Gasteiger partial charge < -0.3 is 19.8 Å². The lowest BCUT2D eigenvalue weighted by Gasteiger charge is -2.25. The molecule has 9 heteroatoms. The summed E-state index contributed by atoms with van der Waals surface area (Å²) in [6, 6.07) is -0.845. The minimum Gasteiger partial charge on any atom is -0.387 e. The summed E-state index contributed by atoms with van der Waals surface area (Å²) in [7, 11) is 1.56. The number of aliphatic hydroxyl groups excluding tert-OH is 1. The van der Waals surface area contributed by atoms with Crippen LogP contribution in [0, 0.1) is 0 Å². The van der Waals surface area contributed by atoms with E-state index in [-0.39, 0.29) is 19.1 Å². The number of nitrogens with one attached hydrogen (secondary N) is 1. The largest absolute Gasteiger partial charge is 0.472 e. The SMILES string of the molecule is CC/C=C\C/C=C\C/C=C\C/C=C\C/C=C\C/C=C\C/C=C\CCCCCCCCCCCCCCCCCCCC(=O)NC(COP(=O)(O)OCC[N+](C)(C)C)C(O)/C=C/CCCC. The van der Waals surface area contributed by atoms with E-state index >= 15 is 0 Å². The number of phosphoric acid groups is 1. The van der Waals surface area contributed by atoms with Crippen LogP contribution in [-0.2, 0) is 18.4 Å². The van der Waals surface area contributed by atoms with E-state index in [4.69, 9.17) is 9.05 Å². The quantitative estimate of drug-likeness (QED) is 0.0243. The average molecular weight is 928 g/mol. The Balaban J connectivity index is 3.77. The van der Waals surface area contributed by atoms with Crippen LogP contribution >= 0.6 is 7.82 Å². The summed E-state index contributed by atoms with van der Waals surface area (Å²) < 4.78 is 23.3. The zero-order valence-corrected chi connectivity index (χ0v) is 43.3. The molecular formula is C56H100N2O6P+. The monoisotopic (exact) mass is 928 g/mol. The van der Waals surface area contributed by atoms with Gasteiger partial charge in [-0.15, -0.1) is 0 Å². The first-order chi connectivity index (χ1) is 31.5. The number of carbonyl (C=O) groups excluding carboxylic acids is 1. The van der Waals surface area contributed by atoms with Gasteiger partial charge in [-0.1, -0.05) is 220 Å². The fourth-order valence-corrected chi connectivity index (χ4v) is 7.68. The van der Waals surface area contributed by atoms with Gasteiger partial charge in [0.15, 0.2) is 0 Å². The molecule has 65 heavy (non-hydrogen) atoms. The Labute approximate surface area is 400 Å². The molecule has 0 fully saturated rings. The van der Waals surface area contributed by atoms with E-state index < -0.39 is 20.0 Å². The molecule has 0 bridgehead atoms. The molecule has 3 N–H and O–H groups in total. The number of rotatable bonds is 46. The zero-order valence-electron chi connectivity index (χ0n) is 42.4. The number of carbonyl (C=O) groups is 1. The maximum atomic E-state index is 12.8. The van der Waals surface area contributed by atoms with Crippen LogP contribution in [0.4, 0.5) is 0 Å². The molecule has 0 saturated heterocycles. The number of phosphoric ester groups is 1. The summed E-state index contributed by atoms with van der Waals surface area (Å²) in [5.74, 6) is -0.189. The number of amides is 1. The zero-order chi connectivity index (χ0) is 47.8. The van der Waals surface area contributed by atoms with Gasteiger partial charge in [-0.3, -0.25) is 13.8 Å². The molecule has 0 radical (unpaired) electrons. The lowest BCUT2D eigenvalue weighted by atomic mass is 10.0. The third-order valence-corrected chi connectivity index (χ3v) is 12.0. The van der Waals surface area contributed by atoms with Gasteiger partial charge in [0.1, 0.15) is 13.2 Å². The van der Waals surface area contributed by atoms with Gasteiger partial charge in [-0.05, 0) is 70.6 Å². The van der Waals surface area contributed by atoms with Crippen molar-refractivity contribution >= 4 is 13.7 Å². The fraction of sp³-hybridized carbons (Fsp3) is 0.696. The van der Waals surface area contributed by atoms with E-state index in [1.807, 2.05) is 27.2 Å². The van der Waals surface area contributed by atoms with Crippen molar-refractivity contribution in [3.63, 3.8) is 0 Å². The van der Waals surface area contributed by atoms with Crippen LogP contribution in [0.3, 0.4) is 0 Å². The number of likely N-dealkylation sites (N-methyl/N-ethyl adjacent to an activating group) is 1. The van der Waals surface area contributed by atoms with E-state index in [9.17, 15) is 19.4 Å². The Bertz CT molecular complexity index is 1370. The summed E-state index contributed by atoms with van der Waals surface area (Å²) >= 11 is 0. The molecule has 0 aliphatic carbocycles. The summed E-state index contributed by atoms with van der Waals surface area (Å²) in [5.41, 5.74) is 0. The van der Waals surface area contributed by atoms with Crippen molar-refractivity contribution in [2.24, 2.45) is 0 Å². The van der Waals surface area contributed by atoms with Gasteiger partial charge in [0.25, 0.3) is 0 Å². The van der Waals surface area contributed by atoms with E-state index in [2.05, 4.69) is 104 Å². The molecule has 0 saturated carbocycles. The van der Waals surface area contributed by atoms with Crippen molar-refractivity contribution in [2.75, 3.05) is 40.9 Å². The van der Waals surface area contributed by atoms with E-state index in [0.717, 1.165) is 83.5 Å². The molecule has 0 aromatic heterocycles. The topological polar surface area (TPSA) is 105 Å². The fourth-order valence-electron chi connectivity index (χ4n) is 6.95. The van der Waals surface area contributed by atoms with Gasteiger partial charge in [0.05, 0.1) is 39.9 Å². The second-order valence-electron chi connectivity index (χ2n) is 18.5. The molecule has 0 rings (SSSR count). The number of aliphatic hydroxyl groups is 1. The average Bonchev–Trinajstić information content (AvgIpc) is 3.26. The summed E-state index contributed by atoms with van der Waals surface area (Å²) in [6.07, 6.45) is 67.3. The third-order valence-electron chi connectivity index (χ3n) is 11.1. The highest BCUT2D eigenvalue weighted by Crippen LogP contribution is 2.43. The van der Waals surface area contributed by atoms with E-state index in [1.165, 1.54) is 96.3 Å². The molecule has 0 aliphatic rings. The molecule has 0 heterocycles. The number of allylic oxidation sites excluding steroid dienone is 15. The summed E-state index contributed by atoms with van der Waals surface area (Å²) in [6.45, 7) is 4.53. The van der Waals surface area contributed by atoms with E-state index in [0.29, 0.717) is 17.4 Å². The van der Waals surface area contributed by atoms with Crippen molar-refractivity contribution in [3.8, 4) is 0 Å². The van der Waals surface area contributed by atoms with Crippen LogP contribution in [0.2, 0.25) is 0 Å². The molecular weight excluding hydrogens is 828 g/mol. The highest BCUT2D eigenvalue weighted by molar-refractivity contribution is 7.47. The number of hydrogen-bond acceptors (Lipinski definition) is 5. The van der Waals surface area contributed by atoms with Crippen LogP contribution < -0.4 is 5.32 Å². The first-order valence-corrected chi connectivity index (χ1v) is 27.6. The molecule has 1 amide bonds. The molecule has 3 unspecified atom stereocenters. The number of hydrogen-bond donors (Lipinski definition) is 3. The van der Waals surface area contributed by atoms with Crippen molar-refractivity contribution in [1.29, 1.82) is 0 Å². The lowest BCUT2D eigenvalue weighted by molar-refractivity contribution is -0.870. The molecule has 3 atom stereocenters.